The second kappa shape index (κ2) is 4.18. The molecule has 0 aromatic carbocycles. The van der Waals surface area contributed by atoms with E-state index in [-0.39, 0.29) is 0 Å². The molecule has 1 saturated carbocycles. The molecule has 0 spiro atoms. The Kier molecular flexibility index (Phi) is 2.92. The summed E-state index contributed by atoms with van der Waals surface area (Å²) in [6.07, 6.45) is 9.64. The molecule has 2 rings (SSSR count). The van der Waals surface area contributed by atoms with Gasteiger partial charge in [-0.15, -0.1) is 0 Å². The summed E-state index contributed by atoms with van der Waals surface area (Å²) in [6.45, 7) is 4.51. The van der Waals surface area contributed by atoms with Crippen molar-refractivity contribution in [3.63, 3.8) is 0 Å². The van der Waals surface area contributed by atoms with Gasteiger partial charge in [-0.25, -0.2) is 0 Å². The second-order valence-corrected chi connectivity index (χ2v) is 4.53. The van der Waals surface area contributed by atoms with Gasteiger partial charge in [-0.3, -0.25) is 0 Å². The lowest BCUT2D eigenvalue weighted by Crippen LogP contribution is -2.39. The summed E-state index contributed by atoms with van der Waals surface area (Å²) < 4.78 is 0. The Morgan fingerprint density at radius 2 is 2.36 bits per heavy atom. The van der Waals surface area contributed by atoms with E-state index in [1.165, 1.54) is 37.8 Å². The van der Waals surface area contributed by atoms with E-state index in [1.54, 1.807) is 0 Å². The van der Waals surface area contributed by atoms with Gasteiger partial charge in [0.2, 0.25) is 0 Å². The van der Waals surface area contributed by atoms with E-state index in [1.807, 2.05) is 6.20 Å². The number of hydrogen-bond donors (Lipinski definition) is 2. The Hall–Kier alpha value is -0.760. The van der Waals surface area contributed by atoms with Gasteiger partial charge in [-0.1, -0.05) is 13.3 Å². The Bertz CT molecular complexity index is 254. The van der Waals surface area contributed by atoms with Crippen LogP contribution in [0.25, 0.3) is 0 Å². The largest absolute Gasteiger partial charge is 0.367 e. The average molecular weight is 192 g/mol. The molecule has 0 atom stereocenters. The van der Waals surface area contributed by atoms with Crippen molar-refractivity contribution >= 4 is 0 Å². The van der Waals surface area contributed by atoms with E-state index < -0.39 is 0 Å². The fraction of sp³-hybridized carbons (Fsp3) is 0.667. The lowest BCUT2D eigenvalue weighted by Gasteiger charge is -2.41. The van der Waals surface area contributed by atoms with Gasteiger partial charge in [-0.05, 0) is 36.3 Å². The minimum atomic E-state index is 0.635. The Morgan fingerprint density at radius 1 is 1.50 bits per heavy atom. The molecule has 0 amide bonds. The summed E-state index contributed by atoms with van der Waals surface area (Å²) in [5.41, 5.74) is 1.99. The van der Waals surface area contributed by atoms with Crippen LogP contribution >= 0.6 is 0 Å². The van der Waals surface area contributed by atoms with E-state index >= 15 is 0 Å². The van der Waals surface area contributed by atoms with E-state index in [4.69, 9.17) is 0 Å². The van der Waals surface area contributed by atoms with Crippen molar-refractivity contribution in [1.82, 2.24) is 10.3 Å². The van der Waals surface area contributed by atoms with Crippen LogP contribution in [0.1, 0.15) is 38.2 Å². The Balaban J connectivity index is 1.72. The quantitative estimate of drug-likeness (QED) is 0.737. The maximum atomic E-state index is 3.56. The molecule has 1 aromatic heterocycles. The minimum Gasteiger partial charge on any atom is -0.367 e. The Morgan fingerprint density at radius 3 is 2.86 bits per heavy atom. The third-order valence-corrected chi connectivity index (χ3v) is 3.66. The smallest absolute Gasteiger partial charge is 0.0220 e. The van der Waals surface area contributed by atoms with Crippen LogP contribution in [-0.2, 0) is 6.54 Å². The predicted molar refractivity (Wildman–Crippen MR) is 59.1 cm³/mol. The first kappa shape index (κ1) is 9.78. The molecule has 14 heavy (non-hydrogen) atoms. The van der Waals surface area contributed by atoms with E-state index in [2.05, 4.69) is 29.5 Å². The van der Waals surface area contributed by atoms with Gasteiger partial charge < -0.3 is 10.3 Å². The summed E-state index contributed by atoms with van der Waals surface area (Å²) in [5.74, 6) is 0. The third kappa shape index (κ3) is 2.01. The molecule has 1 aliphatic carbocycles. The first-order valence-electron chi connectivity index (χ1n) is 5.67. The fourth-order valence-corrected chi connectivity index (χ4v) is 2.27. The summed E-state index contributed by atoms with van der Waals surface area (Å²) in [6, 6.07) is 2.13. The molecule has 2 heteroatoms. The molecule has 1 aromatic rings. The summed E-state index contributed by atoms with van der Waals surface area (Å²) >= 11 is 0. The van der Waals surface area contributed by atoms with Gasteiger partial charge in [-0.2, -0.15) is 0 Å². The van der Waals surface area contributed by atoms with Gasteiger partial charge in [0.25, 0.3) is 0 Å². The van der Waals surface area contributed by atoms with Crippen molar-refractivity contribution in [2.45, 2.75) is 39.2 Å². The van der Waals surface area contributed by atoms with Crippen molar-refractivity contribution in [2.24, 2.45) is 5.41 Å². The molecule has 0 bridgehead atoms. The van der Waals surface area contributed by atoms with Crippen molar-refractivity contribution in [1.29, 1.82) is 0 Å². The highest BCUT2D eigenvalue weighted by molar-refractivity contribution is 5.07. The molecule has 1 heterocycles. The summed E-state index contributed by atoms with van der Waals surface area (Å²) in [7, 11) is 0. The third-order valence-electron chi connectivity index (χ3n) is 3.66. The Labute approximate surface area is 86.1 Å². The molecular weight excluding hydrogens is 172 g/mol. The molecule has 1 fully saturated rings. The zero-order valence-electron chi connectivity index (χ0n) is 8.97. The number of hydrogen-bond acceptors (Lipinski definition) is 1. The minimum absolute atomic E-state index is 0.635. The molecule has 1 aliphatic rings. The van der Waals surface area contributed by atoms with Crippen LogP contribution in [0.15, 0.2) is 18.5 Å². The van der Waals surface area contributed by atoms with E-state index in [0.29, 0.717) is 5.41 Å². The number of H-pyrrole nitrogens is 1. The lowest BCUT2D eigenvalue weighted by atomic mass is 9.67. The SMILES string of the molecule is CCC1(CNCc2cc[nH]c2)CCC1. The molecule has 2 nitrogen and oxygen atoms in total. The molecule has 0 radical (unpaired) electrons. The molecular formula is C12H20N2. The maximum absolute atomic E-state index is 3.56. The highest BCUT2D eigenvalue weighted by Crippen LogP contribution is 2.43. The van der Waals surface area contributed by atoms with Crippen molar-refractivity contribution in [3.05, 3.63) is 24.0 Å². The topological polar surface area (TPSA) is 27.8 Å². The normalized spacial score (nSPS) is 19.2. The molecule has 0 saturated heterocycles. The standard InChI is InChI=1S/C12H20N2/c1-2-12(5-3-6-12)10-14-9-11-4-7-13-8-11/h4,7-8,13-14H,2-3,5-6,9-10H2,1H3. The van der Waals surface area contributed by atoms with Crippen LogP contribution in [0.2, 0.25) is 0 Å². The van der Waals surface area contributed by atoms with Gasteiger partial charge in [0, 0.05) is 25.5 Å². The summed E-state index contributed by atoms with van der Waals surface area (Å²) in [4.78, 5) is 3.08. The van der Waals surface area contributed by atoms with Crippen LogP contribution in [0, 0.1) is 5.41 Å². The lowest BCUT2D eigenvalue weighted by molar-refractivity contribution is 0.124. The van der Waals surface area contributed by atoms with E-state index in [0.717, 1.165) is 6.54 Å². The average Bonchev–Trinajstić information content (AvgIpc) is 2.62. The molecule has 0 unspecified atom stereocenters. The van der Waals surface area contributed by atoms with Crippen molar-refractivity contribution in [3.8, 4) is 0 Å². The number of aromatic nitrogens is 1. The first-order valence-corrected chi connectivity index (χ1v) is 5.67. The van der Waals surface area contributed by atoms with Crippen LogP contribution in [-0.4, -0.2) is 11.5 Å². The molecule has 0 aliphatic heterocycles. The zero-order valence-corrected chi connectivity index (χ0v) is 8.97. The second-order valence-electron chi connectivity index (χ2n) is 4.53. The highest BCUT2D eigenvalue weighted by atomic mass is 14.9. The molecule has 78 valence electrons. The van der Waals surface area contributed by atoms with Crippen LogP contribution in [0.5, 0.6) is 0 Å². The van der Waals surface area contributed by atoms with Crippen LogP contribution in [0.4, 0.5) is 0 Å². The van der Waals surface area contributed by atoms with Crippen LogP contribution in [0.3, 0.4) is 0 Å². The van der Waals surface area contributed by atoms with E-state index in [9.17, 15) is 0 Å². The van der Waals surface area contributed by atoms with Crippen molar-refractivity contribution in [2.75, 3.05) is 6.54 Å². The fourth-order valence-electron chi connectivity index (χ4n) is 2.27. The van der Waals surface area contributed by atoms with Crippen LogP contribution < -0.4 is 5.32 Å². The zero-order chi connectivity index (χ0) is 9.86. The number of nitrogens with one attached hydrogen (secondary N) is 2. The maximum Gasteiger partial charge on any atom is 0.0220 e. The highest BCUT2D eigenvalue weighted by Gasteiger charge is 2.34. The van der Waals surface area contributed by atoms with Gasteiger partial charge in [0.15, 0.2) is 0 Å². The number of rotatable bonds is 5. The predicted octanol–water partition coefficient (Wildman–Crippen LogP) is 2.68. The van der Waals surface area contributed by atoms with Gasteiger partial charge in [0.05, 0.1) is 0 Å². The first-order chi connectivity index (χ1) is 6.85. The van der Waals surface area contributed by atoms with Gasteiger partial charge in [0.1, 0.15) is 0 Å². The molecule has 2 N–H and O–H groups in total. The van der Waals surface area contributed by atoms with Crippen molar-refractivity contribution < 1.29 is 0 Å². The summed E-state index contributed by atoms with van der Waals surface area (Å²) in [5, 5.41) is 3.56. The number of aromatic amines is 1. The van der Waals surface area contributed by atoms with Gasteiger partial charge >= 0.3 is 0 Å². The monoisotopic (exact) mass is 192 g/mol.